The molecule has 124 valence electrons. The zero-order chi connectivity index (χ0) is 16.8. The molecular formula is C17H17N3O4. The normalized spacial score (nSPS) is 18.3. The minimum atomic E-state index is -1.01. The summed E-state index contributed by atoms with van der Waals surface area (Å²) in [5.74, 6) is -0.0872. The van der Waals surface area contributed by atoms with Crippen LogP contribution in [0.5, 0.6) is 0 Å². The van der Waals surface area contributed by atoms with Crippen LogP contribution in [0.2, 0.25) is 0 Å². The number of aromatic carboxylic acids is 1. The second-order valence-electron chi connectivity index (χ2n) is 6.19. The van der Waals surface area contributed by atoms with Gasteiger partial charge in [-0.15, -0.1) is 0 Å². The van der Waals surface area contributed by atoms with E-state index < -0.39 is 5.97 Å². The monoisotopic (exact) mass is 327 g/mol. The van der Waals surface area contributed by atoms with Gasteiger partial charge in [0.05, 0.1) is 29.4 Å². The predicted octanol–water partition coefficient (Wildman–Crippen LogP) is 2.08. The summed E-state index contributed by atoms with van der Waals surface area (Å²) in [5, 5.41) is 9.30. The Labute approximate surface area is 136 Å². The number of fused-ring (bicyclic) bond motifs is 3. The minimum Gasteiger partial charge on any atom is -0.478 e. The van der Waals surface area contributed by atoms with Gasteiger partial charge >= 0.3 is 5.97 Å². The molecule has 1 aliphatic heterocycles. The molecule has 4 rings (SSSR count). The Morgan fingerprint density at radius 1 is 1.42 bits per heavy atom. The van der Waals surface area contributed by atoms with Crippen LogP contribution in [-0.4, -0.2) is 38.7 Å². The molecule has 1 aliphatic rings. The average Bonchev–Trinajstić information content (AvgIpc) is 3.02. The fourth-order valence-electron chi connectivity index (χ4n) is 3.41. The summed E-state index contributed by atoms with van der Waals surface area (Å²) in [6.45, 7) is 3.09. The molecule has 2 N–H and O–H groups in total. The van der Waals surface area contributed by atoms with Gasteiger partial charge in [0, 0.05) is 12.5 Å². The number of aryl methyl sites for hydroxylation is 1. The van der Waals surface area contributed by atoms with E-state index in [0.717, 1.165) is 30.8 Å². The van der Waals surface area contributed by atoms with Crippen molar-refractivity contribution in [3.8, 4) is 0 Å². The van der Waals surface area contributed by atoms with Gasteiger partial charge in [0.15, 0.2) is 0 Å². The number of aromatic amines is 1. The fraction of sp³-hybridized carbons (Fsp3) is 0.353. The topological polar surface area (TPSA) is 96.7 Å². The first-order valence-electron chi connectivity index (χ1n) is 7.91. The minimum absolute atomic E-state index is 0.130. The number of hydrogen-bond acceptors (Lipinski definition) is 4. The number of hydrogen-bond donors (Lipinski definition) is 2. The number of carboxylic acids is 1. The van der Waals surface area contributed by atoms with Crippen molar-refractivity contribution in [1.29, 1.82) is 0 Å². The highest BCUT2D eigenvalue weighted by atomic mass is 16.5. The van der Waals surface area contributed by atoms with E-state index in [2.05, 4.69) is 9.97 Å². The molecule has 0 bridgehead atoms. The molecule has 7 heteroatoms. The Kier molecular flexibility index (Phi) is 3.38. The molecule has 0 amide bonds. The Morgan fingerprint density at radius 2 is 2.25 bits per heavy atom. The van der Waals surface area contributed by atoms with E-state index in [1.165, 1.54) is 6.07 Å². The fourth-order valence-corrected chi connectivity index (χ4v) is 3.41. The zero-order valence-corrected chi connectivity index (χ0v) is 13.2. The van der Waals surface area contributed by atoms with Gasteiger partial charge in [-0.05, 0) is 37.5 Å². The summed E-state index contributed by atoms with van der Waals surface area (Å²) >= 11 is 0. The summed E-state index contributed by atoms with van der Waals surface area (Å²) in [7, 11) is 0. The van der Waals surface area contributed by atoms with E-state index in [-0.39, 0.29) is 17.0 Å². The maximum atomic E-state index is 12.4. The number of nitrogens with one attached hydrogen (secondary N) is 1. The molecule has 1 aromatic carbocycles. The van der Waals surface area contributed by atoms with Crippen molar-refractivity contribution < 1.29 is 14.6 Å². The number of imidazole rings is 1. The first kappa shape index (κ1) is 14.9. The lowest BCUT2D eigenvalue weighted by Gasteiger charge is -2.21. The SMILES string of the molecule is Cc1cc2c(cc1C(=O)O)[nH]c(=O)c1cnc(C3CCCOC3)n12. The average molecular weight is 327 g/mol. The van der Waals surface area contributed by atoms with Gasteiger partial charge in [0.1, 0.15) is 11.3 Å². The van der Waals surface area contributed by atoms with Crippen molar-refractivity contribution >= 4 is 22.5 Å². The predicted molar refractivity (Wildman–Crippen MR) is 87.8 cm³/mol. The van der Waals surface area contributed by atoms with Crippen molar-refractivity contribution in [3.05, 3.63) is 45.6 Å². The van der Waals surface area contributed by atoms with Crippen LogP contribution in [0.1, 0.15) is 40.5 Å². The summed E-state index contributed by atoms with van der Waals surface area (Å²) in [4.78, 5) is 30.9. The standard InChI is InChI=1S/C17H17N3O4/c1-9-5-13-12(6-11(9)17(22)23)19-16(21)14-7-18-15(20(13)14)10-3-2-4-24-8-10/h5-7,10H,2-4,8H2,1H3,(H,19,21)(H,22,23). The highest BCUT2D eigenvalue weighted by Gasteiger charge is 2.23. The molecular weight excluding hydrogens is 310 g/mol. The maximum Gasteiger partial charge on any atom is 0.336 e. The van der Waals surface area contributed by atoms with Gasteiger partial charge in [-0.1, -0.05) is 0 Å². The molecule has 0 saturated carbocycles. The first-order valence-corrected chi connectivity index (χ1v) is 7.91. The van der Waals surface area contributed by atoms with Crippen LogP contribution in [0.15, 0.2) is 23.1 Å². The van der Waals surface area contributed by atoms with Crippen molar-refractivity contribution in [3.63, 3.8) is 0 Å². The van der Waals surface area contributed by atoms with Crippen LogP contribution in [0.25, 0.3) is 16.6 Å². The lowest BCUT2D eigenvalue weighted by atomic mass is 10.0. The molecule has 1 atom stereocenters. The number of rotatable bonds is 2. The summed E-state index contributed by atoms with van der Waals surface area (Å²) in [6, 6.07) is 3.30. The Balaban J connectivity index is 2.04. The Hall–Kier alpha value is -2.67. The molecule has 2 aromatic heterocycles. The largest absolute Gasteiger partial charge is 0.478 e. The summed E-state index contributed by atoms with van der Waals surface area (Å²) in [5.41, 5.74) is 2.25. The van der Waals surface area contributed by atoms with Gasteiger partial charge in [-0.3, -0.25) is 9.20 Å². The third-order valence-corrected chi connectivity index (χ3v) is 4.61. The van der Waals surface area contributed by atoms with Gasteiger partial charge in [0.25, 0.3) is 5.56 Å². The summed E-state index contributed by atoms with van der Waals surface area (Å²) in [6.07, 6.45) is 3.49. The van der Waals surface area contributed by atoms with Gasteiger partial charge in [-0.25, -0.2) is 9.78 Å². The van der Waals surface area contributed by atoms with Gasteiger partial charge < -0.3 is 14.8 Å². The van der Waals surface area contributed by atoms with E-state index in [0.29, 0.717) is 23.2 Å². The van der Waals surface area contributed by atoms with Crippen LogP contribution >= 0.6 is 0 Å². The smallest absolute Gasteiger partial charge is 0.336 e. The van der Waals surface area contributed by atoms with E-state index in [4.69, 9.17) is 4.74 Å². The summed E-state index contributed by atoms with van der Waals surface area (Å²) < 4.78 is 7.39. The molecule has 0 aliphatic carbocycles. The molecule has 24 heavy (non-hydrogen) atoms. The molecule has 0 radical (unpaired) electrons. The highest BCUT2D eigenvalue weighted by Crippen LogP contribution is 2.27. The number of benzene rings is 1. The second kappa shape index (κ2) is 5.45. The van der Waals surface area contributed by atoms with Gasteiger partial charge in [-0.2, -0.15) is 0 Å². The van der Waals surface area contributed by atoms with Crippen LogP contribution in [-0.2, 0) is 4.74 Å². The number of aromatic nitrogens is 3. The van der Waals surface area contributed by atoms with Crippen LogP contribution in [0.4, 0.5) is 0 Å². The maximum absolute atomic E-state index is 12.4. The molecule has 1 fully saturated rings. The van der Waals surface area contributed by atoms with Crippen LogP contribution in [0, 0.1) is 6.92 Å². The van der Waals surface area contributed by atoms with Gasteiger partial charge in [0.2, 0.25) is 0 Å². The molecule has 7 nitrogen and oxygen atoms in total. The lowest BCUT2D eigenvalue weighted by molar-refractivity contribution is 0.0696. The molecule has 1 unspecified atom stereocenters. The van der Waals surface area contributed by atoms with E-state index in [1.807, 2.05) is 4.40 Å². The van der Waals surface area contributed by atoms with Crippen molar-refractivity contribution in [2.24, 2.45) is 0 Å². The first-order chi connectivity index (χ1) is 11.6. The molecule has 3 aromatic rings. The molecule has 1 saturated heterocycles. The van der Waals surface area contributed by atoms with E-state index in [1.54, 1.807) is 19.2 Å². The van der Waals surface area contributed by atoms with E-state index in [9.17, 15) is 14.7 Å². The van der Waals surface area contributed by atoms with Crippen molar-refractivity contribution in [1.82, 2.24) is 14.4 Å². The van der Waals surface area contributed by atoms with Crippen LogP contribution < -0.4 is 5.56 Å². The van der Waals surface area contributed by atoms with E-state index >= 15 is 0 Å². The lowest BCUT2D eigenvalue weighted by Crippen LogP contribution is -2.19. The Morgan fingerprint density at radius 3 is 2.96 bits per heavy atom. The number of carboxylic acid groups (broad SMARTS) is 1. The Bertz CT molecular complexity index is 1010. The highest BCUT2D eigenvalue weighted by molar-refractivity contribution is 5.94. The number of carbonyl (C=O) groups is 1. The third kappa shape index (κ3) is 2.20. The van der Waals surface area contributed by atoms with Crippen molar-refractivity contribution in [2.75, 3.05) is 13.2 Å². The second-order valence-corrected chi connectivity index (χ2v) is 6.19. The zero-order valence-electron chi connectivity index (χ0n) is 13.2. The number of ether oxygens (including phenoxy) is 1. The number of nitrogens with zero attached hydrogens (tertiary/aromatic N) is 2. The van der Waals surface area contributed by atoms with Crippen molar-refractivity contribution in [2.45, 2.75) is 25.7 Å². The van der Waals surface area contributed by atoms with Crippen LogP contribution in [0.3, 0.4) is 0 Å². The molecule has 0 spiro atoms. The molecule has 3 heterocycles. The quantitative estimate of drug-likeness (QED) is 0.751. The number of H-pyrrole nitrogens is 1. The third-order valence-electron chi connectivity index (χ3n) is 4.61.